The van der Waals surface area contributed by atoms with Gasteiger partial charge in [0.05, 0.1) is 14.2 Å². The Bertz CT molecular complexity index is 939. The van der Waals surface area contributed by atoms with Crippen molar-refractivity contribution in [3.8, 4) is 22.9 Å². The number of hydrogen-bond acceptors (Lipinski definition) is 5. The molecule has 146 valence electrons. The first-order valence-corrected chi connectivity index (χ1v) is 9.57. The van der Waals surface area contributed by atoms with Crippen molar-refractivity contribution in [2.24, 2.45) is 0 Å². The second-order valence-corrected chi connectivity index (χ2v) is 7.16. The molecule has 1 atom stereocenters. The SMILES string of the molecule is COc1cccc(CN2CCC(n3c(C)cnc3-c3ccncc3)C2)c1OC. The molecule has 2 aromatic heterocycles. The largest absolute Gasteiger partial charge is 0.493 e. The van der Waals surface area contributed by atoms with Gasteiger partial charge in [-0.05, 0) is 31.5 Å². The quantitative estimate of drug-likeness (QED) is 0.654. The number of aromatic nitrogens is 3. The Morgan fingerprint density at radius 2 is 1.93 bits per heavy atom. The lowest BCUT2D eigenvalue weighted by atomic mass is 10.1. The molecule has 0 N–H and O–H groups in total. The Labute approximate surface area is 165 Å². The topological polar surface area (TPSA) is 52.4 Å². The highest BCUT2D eigenvalue weighted by Gasteiger charge is 2.28. The lowest BCUT2D eigenvalue weighted by molar-refractivity contribution is 0.301. The van der Waals surface area contributed by atoms with Gasteiger partial charge in [0.25, 0.3) is 0 Å². The van der Waals surface area contributed by atoms with Gasteiger partial charge in [-0.15, -0.1) is 0 Å². The van der Waals surface area contributed by atoms with Crippen molar-refractivity contribution < 1.29 is 9.47 Å². The molecule has 4 rings (SSSR count). The van der Waals surface area contributed by atoms with Gasteiger partial charge < -0.3 is 14.0 Å². The van der Waals surface area contributed by atoms with Crippen molar-refractivity contribution in [2.45, 2.75) is 25.9 Å². The minimum atomic E-state index is 0.405. The molecule has 0 bridgehead atoms. The molecule has 1 aliphatic rings. The van der Waals surface area contributed by atoms with Crippen LogP contribution in [0, 0.1) is 6.92 Å². The molecular formula is C22H26N4O2. The van der Waals surface area contributed by atoms with Gasteiger partial charge in [0.15, 0.2) is 11.5 Å². The molecule has 1 aliphatic heterocycles. The third kappa shape index (κ3) is 3.47. The number of ether oxygens (including phenoxy) is 2. The fourth-order valence-electron chi connectivity index (χ4n) is 4.11. The van der Waals surface area contributed by atoms with Gasteiger partial charge in [0.2, 0.25) is 0 Å². The highest BCUT2D eigenvalue weighted by atomic mass is 16.5. The second-order valence-electron chi connectivity index (χ2n) is 7.16. The van der Waals surface area contributed by atoms with E-state index < -0.39 is 0 Å². The third-order valence-corrected chi connectivity index (χ3v) is 5.41. The van der Waals surface area contributed by atoms with Crippen LogP contribution in [-0.2, 0) is 6.54 Å². The van der Waals surface area contributed by atoms with E-state index in [2.05, 4.69) is 32.4 Å². The highest BCUT2D eigenvalue weighted by molar-refractivity contribution is 5.55. The first kappa shape index (κ1) is 18.5. The molecule has 3 heterocycles. The molecule has 0 aliphatic carbocycles. The van der Waals surface area contributed by atoms with Crippen LogP contribution in [0.4, 0.5) is 0 Å². The first-order valence-electron chi connectivity index (χ1n) is 9.57. The van der Waals surface area contributed by atoms with Gasteiger partial charge in [-0.25, -0.2) is 4.98 Å². The number of likely N-dealkylation sites (tertiary alicyclic amines) is 1. The van der Waals surface area contributed by atoms with Crippen LogP contribution in [0.2, 0.25) is 0 Å². The number of para-hydroxylation sites is 1. The van der Waals surface area contributed by atoms with E-state index in [9.17, 15) is 0 Å². The number of pyridine rings is 1. The van der Waals surface area contributed by atoms with Crippen LogP contribution in [0.3, 0.4) is 0 Å². The summed E-state index contributed by atoms with van der Waals surface area (Å²) >= 11 is 0. The van der Waals surface area contributed by atoms with Crippen molar-refractivity contribution in [2.75, 3.05) is 27.3 Å². The lowest BCUT2D eigenvalue weighted by Crippen LogP contribution is -2.22. The van der Waals surface area contributed by atoms with E-state index in [4.69, 9.17) is 9.47 Å². The van der Waals surface area contributed by atoms with Crippen LogP contribution in [-0.4, -0.2) is 46.7 Å². The average molecular weight is 378 g/mol. The Balaban J connectivity index is 1.54. The number of nitrogens with zero attached hydrogens (tertiary/aromatic N) is 4. The molecule has 6 heteroatoms. The van der Waals surface area contributed by atoms with E-state index in [0.29, 0.717) is 6.04 Å². The van der Waals surface area contributed by atoms with Gasteiger partial charge >= 0.3 is 0 Å². The van der Waals surface area contributed by atoms with Crippen molar-refractivity contribution in [1.82, 2.24) is 19.4 Å². The normalized spacial score (nSPS) is 17.0. The molecule has 28 heavy (non-hydrogen) atoms. The van der Waals surface area contributed by atoms with E-state index in [-0.39, 0.29) is 0 Å². The zero-order chi connectivity index (χ0) is 19.5. The van der Waals surface area contributed by atoms with E-state index in [1.165, 1.54) is 5.69 Å². The molecular weight excluding hydrogens is 352 g/mol. The summed E-state index contributed by atoms with van der Waals surface area (Å²) < 4.78 is 13.4. The zero-order valence-corrected chi connectivity index (χ0v) is 16.6. The van der Waals surface area contributed by atoms with E-state index in [0.717, 1.165) is 54.5 Å². The molecule has 3 aromatic rings. The molecule has 0 radical (unpaired) electrons. The van der Waals surface area contributed by atoms with Gasteiger partial charge in [-0.3, -0.25) is 9.88 Å². The Morgan fingerprint density at radius 1 is 1.11 bits per heavy atom. The van der Waals surface area contributed by atoms with Gasteiger partial charge in [0, 0.05) is 61.1 Å². The second kappa shape index (κ2) is 8.02. The molecule has 0 saturated carbocycles. The standard InChI is InChI=1S/C22H26N4O2/c1-16-13-24-22(17-7-10-23-11-8-17)26(16)19-9-12-25(15-19)14-18-5-4-6-20(27-2)21(18)28-3/h4-8,10-11,13,19H,9,12,14-15H2,1-3H3. The Kier molecular flexibility index (Phi) is 5.30. The van der Waals surface area contributed by atoms with Crippen LogP contribution >= 0.6 is 0 Å². The smallest absolute Gasteiger partial charge is 0.165 e. The lowest BCUT2D eigenvalue weighted by Gasteiger charge is -2.21. The van der Waals surface area contributed by atoms with E-state index in [1.54, 1.807) is 14.2 Å². The summed E-state index contributed by atoms with van der Waals surface area (Å²) in [5.41, 5.74) is 3.45. The fourth-order valence-corrected chi connectivity index (χ4v) is 4.11. The number of methoxy groups -OCH3 is 2. The van der Waals surface area contributed by atoms with Crippen molar-refractivity contribution in [3.05, 3.63) is 60.2 Å². The summed E-state index contributed by atoms with van der Waals surface area (Å²) in [6.07, 6.45) is 6.70. The maximum atomic E-state index is 5.60. The minimum Gasteiger partial charge on any atom is -0.493 e. The maximum Gasteiger partial charge on any atom is 0.165 e. The van der Waals surface area contributed by atoms with Gasteiger partial charge in [-0.2, -0.15) is 0 Å². The fraction of sp³-hybridized carbons (Fsp3) is 0.364. The summed E-state index contributed by atoms with van der Waals surface area (Å²) in [5, 5.41) is 0. The van der Waals surface area contributed by atoms with Crippen LogP contribution in [0.1, 0.15) is 23.7 Å². The van der Waals surface area contributed by atoms with Crippen molar-refractivity contribution in [3.63, 3.8) is 0 Å². The Hall–Kier alpha value is -2.86. The van der Waals surface area contributed by atoms with Crippen LogP contribution in [0.15, 0.2) is 48.9 Å². The number of hydrogen-bond donors (Lipinski definition) is 0. The number of benzene rings is 1. The van der Waals surface area contributed by atoms with Crippen LogP contribution in [0.5, 0.6) is 11.5 Å². The minimum absolute atomic E-state index is 0.405. The molecule has 1 aromatic carbocycles. The van der Waals surface area contributed by atoms with E-state index >= 15 is 0 Å². The zero-order valence-electron chi connectivity index (χ0n) is 16.6. The third-order valence-electron chi connectivity index (χ3n) is 5.41. The van der Waals surface area contributed by atoms with Crippen LogP contribution < -0.4 is 9.47 Å². The number of rotatable bonds is 6. The summed E-state index contributed by atoms with van der Waals surface area (Å²) in [6, 6.07) is 10.5. The molecule has 6 nitrogen and oxygen atoms in total. The van der Waals surface area contributed by atoms with E-state index in [1.807, 2.05) is 42.9 Å². The molecule has 0 amide bonds. The summed E-state index contributed by atoms with van der Waals surface area (Å²) in [4.78, 5) is 11.3. The summed E-state index contributed by atoms with van der Waals surface area (Å²) in [6.45, 7) is 4.99. The van der Waals surface area contributed by atoms with Crippen molar-refractivity contribution in [1.29, 1.82) is 0 Å². The van der Waals surface area contributed by atoms with Crippen molar-refractivity contribution >= 4 is 0 Å². The van der Waals surface area contributed by atoms with Gasteiger partial charge in [0.1, 0.15) is 5.82 Å². The van der Waals surface area contributed by atoms with Gasteiger partial charge in [-0.1, -0.05) is 12.1 Å². The highest BCUT2D eigenvalue weighted by Crippen LogP contribution is 2.34. The monoisotopic (exact) mass is 378 g/mol. The molecule has 1 saturated heterocycles. The summed E-state index contributed by atoms with van der Waals surface area (Å²) in [7, 11) is 3.37. The predicted molar refractivity (Wildman–Crippen MR) is 109 cm³/mol. The molecule has 1 fully saturated rings. The van der Waals surface area contributed by atoms with Crippen LogP contribution in [0.25, 0.3) is 11.4 Å². The maximum absolute atomic E-state index is 5.60. The first-order chi connectivity index (χ1) is 13.7. The Morgan fingerprint density at radius 3 is 2.68 bits per heavy atom. The summed E-state index contributed by atoms with van der Waals surface area (Å²) in [5.74, 6) is 2.62. The number of aryl methyl sites for hydroxylation is 1. The average Bonchev–Trinajstić information content (AvgIpc) is 3.34. The molecule has 1 unspecified atom stereocenters. The number of imidazole rings is 1. The molecule has 0 spiro atoms. The predicted octanol–water partition coefficient (Wildman–Crippen LogP) is 3.72.